The molecule has 1 aromatic rings. The van der Waals surface area contributed by atoms with Gasteiger partial charge in [-0.2, -0.15) is 0 Å². The SMILES string of the molecule is CCC[CH2][Sn]([CH2]CCC)([CH2]CCC)[c]1ccn(C(C)C)n1. The van der Waals surface area contributed by atoms with E-state index < -0.39 is 18.4 Å². The van der Waals surface area contributed by atoms with Crippen molar-refractivity contribution in [3.05, 3.63) is 12.3 Å². The van der Waals surface area contributed by atoms with Gasteiger partial charge in [0.15, 0.2) is 0 Å². The van der Waals surface area contributed by atoms with Gasteiger partial charge in [0.1, 0.15) is 0 Å². The Morgan fingerprint density at radius 1 is 0.952 bits per heavy atom. The molecule has 3 heteroatoms. The van der Waals surface area contributed by atoms with E-state index in [2.05, 4.69) is 51.6 Å². The molecule has 0 amide bonds. The van der Waals surface area contributed by atoms with E-state index in [1.165, 1.54) is 51.8 Å². The van der Waals surface area contributed by atoms with Gasteiger partial charge in [0.2, 0.25) is 0 Å². The topological polar surface area (TPSA) is 17.8 Å². The van der Waals surface area contributed by atoms with Gasteiger partial charge in [-0.3, -0.25) is 0 Å². The van der Waals surface area contributed by atoms with Crippen molar-refractivity contribution in [1.29, 1.82) is 0 Å². The van der Waals surface area contributed by atoms with Gasteiger partial charge < -0.3 is 0 Å². The first-order valence-electron chi connectivity index (χ1n) is 9.15. The van der Waals surface area contributed by atoms with Crippen molar-refractivity contribution < 1.29 is 0 Å². The van der Waals surface area contributed by atoms with Crippen LogP contribution in [0.25, 0.3) is 0 Å². The van der Waals surface area contributed by atoms with E-state index in [0.29, 0.717) is 6.04 Å². The molecule has 122 valence electrons. The maximum absolute atomic E-state index is 5.05. The Labute approximate surface area is 136 Å². The molecule has 0 spiro atoms. The fourth-order valence-electron chi connectivity index (χ4n) is 3.21. The Bertz CT molecular complexity index is 363. The molecule has 2 nitrogen and oxygen atoms in total. The summed E-state index contributed by atoms with van der Waals surface area (Å²) in [6.45, 7) is 11.5. The zero-order valence-corrected chi connectivity index (χ0v) is 17.8. The summed E-state index contributed by atoms with van der Waals surface area (Å²) in [5.74, 6) is 0. The molecule has 0 bridgehead atoms. The van der Waals surface area contributed by atoms with Crippen LogP contribution in [0.2, 0.25) is 13.3 Å². The van der Waals surface area contributed by atoms with Crippen molar-refractivity contribution in [1.82, 2.24) is 9.78 Å². The van der Waals surface area contributed by atoms with E-state index in [1.807, 2.05) is 0 Å². The minimum absolute atomic E-state index is 0.492. The van der Waals surface area contributed by atoms with Crippen LogP contribution in [-0.2, 0) is 0 Å². The van der Waals surface area contributed by atoms with Crippen LogP contribution in [0.3, 0.4) is 0 Å². The van der Waals surface area contributed by atoms with Gasteiger partial charge in [0.05, 0.1) is 0 Å². The van der Waals surface area contributed by atoms with Crippen LogP contribution in [0.15, 0.2) is 12.3 Å². The first-order valence-corrected chi connectivity index (χ1v) is 16.6. The van der Waals surface area contributed by atoms with Crippen LogP contribution in [0, 0.1) is 0 Å². The standard InChI is InChI=1S/C6H9N2.3C4H9.Sn/c1-6(2)8-5-3-4-7-8;3*1-3-4-2;/h3,5-6H,1-2H3;3*1,3-4H2,2H3;. The van der Waals surface area contributed by atoms with E-state index in [9.17, 15) is 0 Å². The van der Waals surface area contributed by atoms with Crippen LogP contribution in [-0.4, -0.2) is 28.2 Å². The van der Waals surface area contributed by atoms with E-state index in [4.69, 9.17) is 5.10 Å². The zero-order valence-electron chi connectivity index (χ0n) is 15.0. The van der Waals surface area contributed by atoms with Crippen LogP contribution < -0.4 is 3.71 Å². The summed E-state index contributed by atoms with van der Waals surface area (Å²) in [7, 11) is 0. The van der Waals surface area contributed by atoms with Gasteiger partial charge in [-0.05, 0) is 0 Å². The van der Waals surface area contributed by atoms with Crippen molar-refractivity contribution in [2.24, 2.45) is 0 Å². The van der Waals surface area contributed by atoms with Crippen LogP contribution in [0.1, 0.15) is 79.2 Å². The van der Waals surface area contributed by atoms with E-state index in [-0.39, 0.29) is 0 Å². The Kier molecular flexibility index (Phi) is 8.99. The maximum atomic E-state index is 5.05. The average Bonchev–Trinajstić information content (AvgIpc) is 2.97. The van der Waals surface area contributed by atoms with Crippen molar-refractivity contribution in [2.75, 3.05) is 0 Å². The molecule has 1 heterocycles. The number of hydrogen-bond acceptors (Lipinski definition) is 1. The summed E-state index contributed by atoms with van der Waals surface area (Å²) in [6.07, 6.45) is 10.5. The zero-order chi connectivity index (χ0) is 15.7. The van der Waals surface area contributed by atoms with Crippen LogP contribution in [0.5, 0.6) is 0 Å². The minimum atomic E-state index is -2.27. The summed E-state index contributed by atoms with van der Waals surface area (Å²) >= 11 is -2.27. The third-order valence-corrected chi connectivity index (χ3v) is 19.8. The van der Waals surface area contributed by atoms with Crippen molar-refractivity contribution >= 4 is 22.1 Å². The molecular weight excluding hydrogens is 363 g/mol. The van der Waals surface area contributed by atoms with Crippen LogP contribution in [0.4, 0.5) is 0 Å². The molecule has 0 aliphatic rings. The summed E-state index contributed by atoms with van der Waals surface area (Å²) < 4.78 is 8.29. The summed E-state index contributed by atoms with van der Waals surface area (Å²) in [6, 6.07) is 2.88. The molecule has 0 fully saturated rings. The molecule has 0 saturated heterocycles. The monoisotopic (exact) mass is 400 g/mol. The van der Waals surface area contributed by atoms with Crippen molar-refractivity contribution in [3.63, 3.8) is 0 Å². The van der Waals surface area contributed by atoms with Gasteiger partial charge >= 0.3 is 137 Å². The average molecular weight is 399 g/mol. The normalized spacial score (nSPS) is 12.3. The van der Waals surface area contributed by atoms with Gasteiger partial charge in [-0.15, -0.1) is 0 Å². The first-order chi connectivity index (χ1) is 10.1. The molecule has 1 aromatic heterocycles. The second kappa shape index (κ2) is 9.91. The molecule has 0 saturated carbocycles. The Morgan fingerprint density at radius 3 is 1.76 bits per heavy atom. The Morgan fingerprint density at radius 2 is 1.43 bits per heavy atom. The summed E-state index contributed by atoms with van der Waals surface area (Å²) in [4.78, 5) is 0. The number of rotatable bonds is 11. The predicted octanol–water partition coefficient (Wildman–Crippen LogP) is 5.52. The van der Waals surface area contributed by atoms with Crippen LogP contribution >= 0.6 is 0 Å². The molecule has 0 N–H and O–H groups in total. The third kappa shape index (κ3) is 5.61. The second-order valence-corrected chi connectivity index (χ2v) is 19.9. The van der Waals surface area contributed by atoms with E-state index >= 15 is 0 Å². The summed E-state index contributed by atoms with van der Waals surface area (Å²) in [5.41, 5.74) is 0. The quantitative estimate of drug-likeness (QED) is 0.448. The molecule has 0 aromatic carbocycles. The molecule has 0 radical (unpaired) electrons. The number of nitrogens with zero attached hydrogens (tertiary/aromatic N) is 2. The second-order valence-electron chi connectivity index (χ2n) is 6.87. The molecule has 21 heavy (non-hydrogen) atoms. The van der Waals surface area contributed by atoms with Crippen molar-refractivity contribution in [2.45, 2.75) is 92.5 Å². The number of unbranched alkanes of at least 4 members (excludes halogenated alkanes) is 3. The third-order valence-electron chi connectivity index (χ3n) is 4.71. The molecule has 0 atom stereocenters. The van der Waals surface area contributed by atoms with Crippen molar-refractivity contribution in [3.8, 4) is 0 Å². The molecule has 0 aliphatic carbocycles. The molecular formula is C18H36N2Sn. The summed E-state index contributed by atoms with van der Waals surface area (Å²) in [5, 5.41) is 5.05. The van der Waals surface area contributed by atoms with Gasteiger partial charge in [-0.25, -0.2) is 0 Å². The number of aromatic nitrogens is 2. The molecule has 0 unspecified atom stereocenters. The Hall–Kier alpha value is 0.00870. The van der Waals surface area contributed by atoms with Gasteiger partial charge in [-0.1, -0.05) is 0 Å². The predicted molar refractivity (Wildman–Crippen MR) is 97.1 cm³/mol. The van der Waals surface area contributed by atoms with Gasteiger partial charge in [0.25, 0.3) is 0 Å². The fourth-order valence-corrected chi connectivity index (χ4v) is 18.5. The Balaban J connectivity index is 3.03. The fraction of sp³-hybridized carbons (Fsp3) is 0.833. The first kappa shape index (κ1) is 19.1. The molecule has 0 aliphatic heterocycles. The van der Waals surface area contributed by atoms with E-state index in [1.54, 1.807) is 3.71 Å². The number of hydrogen-bond donors (Lipinski definition) is 0. The molecule has 1 rings (SSSR count). The van der Waals surface area contributed by atoms with E-state index in [0.717, 1.165) is 0 Å². The van der Waals surface area contributed by atoms with Gasteiger partial charge in [0, 0.05) is 0 Å².